The van der Waals surface area contributed by atoms with Crippen molar-refractivity contribution in [1.29, 1.82) is 0 Å². The van der Waals surface area contributed by atoms with Crippen LogP contribution in [0.1, 0.15) is 40.9 Å². The summed E-state index contributed by atoms with van der Waals surface area (Å²) in [5.74, 6) is 0.377. The maximum atomic E-state index is 12.8. The summed E-state index contributed by atoms with van der Waals surface area (Å²) in [6, 6.07) is 15.0. The predicted octanol–water partition coefficient (Wildman–Crippen LogP) is 3.71. The number of para-hydroxylation sites is 2. The van der Waals surface area contributed by atoms with E-state index in [-0.39, 0.29) is 19.0 Å². The topological polar surface area (TPSA) is 91.8 Å². The molecule has 1 aliphatic rings. The van der Waals surface area contributed by atoms with Crippen LogP contribution < -0.4 is 0 Å². The van der Waals surface area contributed by atoms with Gasteiger partial charge in [-0.1, -0.05) is 36.4 Å². The van der Waals surface area contributed by atoms with Crippen LogP contribution in [0.5, 0.6) is 0 Å². The van der Waals surface area contributed by atoms with E-state index in [0.717, 1.165) is 28.0 Å². The van der Waals surface area contributed by atoms with Gasteiger partial charge in [0.25, 0.3) is 5.91 Å². The average molecular weight is 399 g/mol. The summed E-state index contributed by atoms with van der Waals surface area (Å²) in [6.07, 6.45) is 3.33. The maximum Gasteiger partial charge on any atom is 0.289 e. The molecule has 3 heterocycles. The molecular formula is C23H21N5O2. The van der Waals surface area contributed by atoms with E-state index >= 15 is 0 Å². The van der Waals surface area contributed by atoms with Gasteiger partial charge in [0.05, 0.1) is 22.4 Å². The van der Waals surface area contributed by atoms with Crippen molar-refractivity contribution in [2.45, 2.75) is 12.8 Å². The maximum absolute atomic E-state index is 12.8. The number of nitrogens with zero attached hydrogens (tertiary/aromatic N) is 4. The zero-order chi connectivity index (χ0) is 20.7. The van der Waals surface area contributed by atoms with Crippen LogP contribution in [0.3, 0.4) is 0 Å². The van der Waals surface area contributed by atoms with Crippen molar-refractivity contribution < 1.29 is 11.0 Å². The number of hydrogen-bond donors (Lipinski definition) is 1. The second kappa shape index (κ2) is 7.18. The lowest BCUT2D eigenvalue weighted by Crippen LogP contribution is -2.49. The first-order valence-electron chi connectivity index (χ1n) is 9.76. The number of rotatable bonds is 4. The largest absolute Gasteiger partial charge is 0.335 e. The Balaban J connectivity index is 0.00000231. The van der Waals surface area contributed by atoms with Crippen LogP contribution in [0.25, 0.3) is 22.3 Å². The molecule has 2 aromatic carbocycles. The Morgan fingerprint density at radius 3 is 2.50 bits per heavy atom. The van der Waals surface area contributed by atoms with Gasteiger partial charge in [-0.2, -0.15) is 0 Å². The zero-order valence-electron chi connectivity index (χ0n) is 16.4. The molecule has 5 rings (SSSR count). The molecule has 2 aromatic heterocycles. The summed E-state index contributed by atoms with van der Waals surface area (Å²) in [6.45, 7) is 2.67. The first kappa shape index (κ1) is 18.2. The molecular weight excluding hydrogens is 378 g/mol. The van der Waals surface area contributed by atoms with E-state index in [2.05, 4.69) is 19.9 Å². The second-order valence-electron chi connectivity index (χ2n) is 7.43. The number of likely N-dealkylation sites (tertiary alicyclic amines) is 1. The van der Waals surface area contributed by atoms with E-state index in [1.165, 1.54) is 0 Å². The van der Waals surface area contributed by atoms with Gasteiger partial charge in [-0.05, 0) is 19.1 Å². The Kier molecular flexibility index (Phi) is 4.35. The number of nitrogens with one attached hydrogen (secondary N) is 1. The number of aromatic nitrogens is 4. The lowest BCUT2D eigenvalue weighted by atomic mass is 9.92. The van der Waals surface area contributed by atoms with Crippen molar-refractivity contribution in [2.75, 3.05) is 13.1 Å². The molecule has 0 atom stereocenters. The lowest BCUT2D eigenvalue weighted by molar-refractivity contribution is 0.0587. The Hall–Kier alpha value is -3.87. The van der Waals surface area contributed by atoms with Crippen molar-refractivity contribution in [2.24, 2.45) is 0 Å². The third-order valence-electron chi connectivity index (χ3n) is 5.44. The standard InChI is InChI=1S/C23H19N5O2.H2/c1-14(29)15-6-8-16(9-7-15)20-21(25-11-10-24-20)17-12-28(13-17)23(30)22-26-18-4-2-3-5-19(18)27-22;/h2-11,17H,12-13H2,1H3,(H,26,27);1H. The van der Waals surface area contributed by atoms with Crippen LogP contribution in [-0.2, 0) is 0 Å². The van der Waals surface area contributed by atoms with Gasteiger partial charge in [0.2, 0.25) is 0 Å². The molecule has 1 aliphatic heterocycles. The summed E-state index contributed by atoms with van der Waals surface area (Å²) in [5.41, 5.74) is 4.85. The molecule has 4 aromatic rings. The zero-order valence-corrected chi connectivity index (χ0v) is 16.4. The third-order valence-corrected chi connectivity index (χ3v) is 5.44. The van der Waals surface area contributed by atoms with Crippen molar-refractivity contribution in [3.05, 3.63) is 78.0 Å². The van der Waals surface area contributed by atoms with E-state index in [1.54, 1.807) is 36.4 Å². The highest BCUT2D eigenvalue weighted by Crippen LogP contribution is 2.32. The average Bonchev–Trinajstić information content (AvgIpc) is 3.17. The monoisotopic (exact) mass is 399 g/mol. The minimum Gasteiger partial charge on any atom is -0.335 e. The summed E-state index contributed by atoms with van der Waals surface area (Å²) in [4.78, 5) is 42.6. The molecule has 0 saturated carbocycles. The van der Waals surface area contributed by atoms with Crippen LogP contribution in [-0.4, -0.2) is 49.6 Å². The molecule has 1 amide bonds. The van der Waals surface area contributed by atoms with E-state index in [9.17, 15) is 9.59 Å². The number of benzene rings is 2. The minimum atomic E-state index is -0.112. The summed E-state index contributed by atoms with van der Waals surface area (Å²) in [5, 5.41) is 0. The smallest absolute Gasteiger partial charge is 0.289 e. The normalized spacial score (nSPS) is 14.0. The number of carbonyl (C=O) groups excluding carboxylic acids is 2. The van der Waals surface area contributed by atoms with Gasteiger partial charge >= 0.3 is 0 Å². The van der Waals surface area contributed by atoms with Crippen LogP contribution in [0, 0.1) is 0 Å². The van der Waals surface area contributed by atoms with Crippen LogP contribution >= 0.6 is 0 Å². The quantitative estimate of drug-likeness (QED) is 0.528. The van der Waals surface area contributed by atoms with Crippen molar-refractivity contribution in [1.82, 2.24) is 24.8 Å². The number of H-pyrrole nitrogens is 1. The molecule has 1 fully saturated rings. The number of aromatic amines is 1. The molecule has 0 radical (unpaired) electrons. The summed E-state index contributed by atoms with van der Waals surface area (Å²) < 4.78 is 0. The SMILES string of the molecule is CC(=O)c1ccc(-c2nccnc2C2CN(C(=O)c3nc4ccccc4[nH]3)C2)cc1.[HH]. The van der Waals surface area contributed by atoms with Crippen molar-refractivity contribution in [3.8, 4) is 11.3 Å². The highest BCUT2D eigenvalue weighted by molar-refractivity contribution is 5.95. The van der Waals surface area contributed by atoms with Gasteiger partial charge < -0.3 is 9.88 Å². The molecule has 7 nitrogen and oxygen atoms in total. The molecule has 0 bridgehead atoms. The van der Waals surface area contributed by atoms with E-state index < -0.39 is 0 Å². The van der Waals surface area contributed by atoms with Gasteiger partial charge in [-0.25, -0.2) is 4.98 Å². The number of fused-ring (bicyclic) bond motifs is 1. The summed E-state index contributed by atoms with van der Waals surface area (Å²) >= 11 is 0. The first-order chi connectivity index (χ1) is 14.6. The number of ketones is 1. The third kappa shape index (κ3) is 3.14. The minimum absolute atomic E-state index is 0. The number of hydrogen-bond acceptors (Lipinski definition) is 5. The molecule has 1 N–H and O–H groups in total. The fourth-order valence-corrected chi connectivity index (χ4v) is 3.75. The van der Waals surface area contributed by atoms with Gasteiger partial charge in [-0.15, -0.1) is 0 Å². The molecule has 0 unspecified atom stereocenters. The molecule has 7 heteroatoms. The fraction of sp³-hybridized carbons (Fsp3) is 0.174. The Morgan fingerprint density at radius 1 is 1.03 bits per heavy atom. The highest BCUT2D eigenvalue weighted by atomic mass is 16.2. The van der Waals surface area contributed by atoms with E-state index in [1.807, 2.05) is 36.4 Å². The van der Waals surface area contributed by atoms with E-state index in [0.29, 0.717) is 24.5 Å². The molecule has 150 valence electrons. The van der Waals surface area contributed by atoms with Gasteiger partial charge in [0, 0.05) is 44.0 Å². The number of amides is 1. The lowest BCUT2D eigenvalue weighted by Gasteiger charge is -2.38. The van der Waals surface area contributed by atoms with Crippen LogP contribution in [0.4, 0.5) is 0 Å². The Bertz CT molecular complexity index is 1230. The molecule has 30 heavy (non-hydrogen) atoms. The van der Waals surface area contributed by atoms with Crippen LogP contribution in [0.2, 0.25) is 0 Å². The second-order valence-corrected chi connectivity index (χ2v) is 7.43. The van der Waals surface area contributed by atoms with Gasteiger partial charge in [0.15, 0.2) is 11.6 Å². The van der Waals surface area contributed by atoms with E-state index in [4.69, 9.17) is 0 Å². The van der Waals surface area contributed by atoms with Gasteiger partial charge in [0.1, 0.15) is 0 Å². The summed E-state index contributed by atoms with van der Waals surface area (Å²) in [7, 11) is 0. The fourth-order valence-electron chi connectivity index (χ4n) is 3.75. The number of carbonyl (C=O) groups is 2. The molecule has 1 saturated heterocycles. The Morgan fingerprint density at radius 2 is 1.77 bits per heavy atom. The van der Waals surface area contributed by atoms with Gasteiger partial charge in [-0.3, -0.25) is 19.6 Å². The molecule has 0 aliphatic carbocycles. The predicted molar refractivity (Wildman–Crippen MR) is 114 cm³/mol. The number of Topliss-reactive ketones (excluding diaryl/α,β-unsaturated/α-hetero) is 1. The Labute approximate surface area is 174 Å². The number of imidazole rings is 1. The van der Waals surface area contributed by atoms with Crippen LogP contribution in [0.15, 0.2) is 60.9 Å². The molecule has 0 spiro atoms. The first-order valence-corrected chi connectivity index (χ1v) is 9.76. The highest BCUT2D eigenvalue weighted by Gasteiger charge is 2.36. The van der Waals surface area contributed by atoms with Crippen molar-refractivity contribution >= 4 is 22.7 Å². The van der Waals surface area contributed by atoms with Crippen molar-refractivity contribution in [3.63, 3.8) is 0 Å².